The molecule has 1 rings (SSSR count). The molecule has 24 heavy (non-hydrogen) atoms. The number of carbonyl (C=O) groups excluding carboxylic acids is 1. The normalized spacial score (nSPS) is 18.8. The van der Waals surface area contributed by atoms with E-state index in [0.29, 0.717) is 25.1 Å². The molecule has 0 saturated heterocycles. The van der Waals surface area contributed by atoms with E-state index < -0.39 is 0 Å². The highest BCUT2D eigenvalue weighted by atomic mass is 16.5. The SMILES string of the molecule is CCNC(=NCC(=O)NCCOC)NC(C)C(C)C1CCCCC1. The van der Waals surface area contributed by atoms with E-state index in [9.17, 15) is 4.79 Å². The van der Waals surface area contributed by atoms with Crippen LogP contribution in [0.3, 0.4) is 0 Å². The number of nitrogens with one attached hydrogen (secondary N) is 3. The van der Waals surface area contributed by atoms with Gasteiger partial charge in [0.2, 0.25) is 5.91 Å². The van der Waals surface area contributed by atoms with Gasteiger partial charge in [-0.15, -0.1) is 0 Å². The summed E-state index contributed by atoms with van der Waals surface area (Å²) in [6.07, 6.45) is 6.77. The first-order valence-electron chi connectivity index (χ1n) is 9.39. The van der Waals surface area contributed by atoms with Gasteiger partial charge in [-0.05, 0) is 25.7 Å². The van der Waals surface area contributed by atoms with Gasteiger partial charge in [-0.2, -0.15) is 0 Å². The Labute approximate surface area is 147 Å². The van der Waals surface area contributed by atoms with Crippen molar-refractivity contribution in [2.24, 2.45) is 16.8 Å². The average Bonchev–Trinajstić information content (AvgIpc) is 2.60. The molecule has 2 unspecified atom stereocenters. The summed E-state index contributed by atoms with van der Waals surface area (Å²) in [6, 6.07) is 0.336. The van der Waals surface area contributed by atoms with Crippen molar-refractivity contribution in [3.8, 4) is 0 Å². The Hall–Kier alpha value is -1.30. The third-order valence-corrected chi connectivity index (χ3v) is 4.90. The number of nitrogens with zero attached hydrogens (tertiary/aromatic N) is 1. The lowest BCUT2D eigenvalue weighted by atomic mass is 9.78. The van der Waals surface area contributed by atoms with E-state index in [0.717, 1.165) is 18.4 Å². The zero-order valence-electron chi connectivity index (χ0n) is 15.9. The maximum absolute atomic E-state index is 11.8. The van der Waals surface area contributed by atoms with E-state index in [4.69, 9.17) is 4.74 Å². The van der Waals surface area contributed by atoms with Crippen molar-refractivity contribution in [3.63, 3.8) is 0 Å². The third kappa shape index (κ3) is 7.99. The summed E-state index contributed by atoms with van der Waals surface area (Å²) in [5, 5.41) is 9.48. The molecule has 0 bridgehead atoms. The zero-order chi connectivity index (χ0) is 17.8. The summed E-state index contributed by atoms with van der Waals surface area (Å²) >= 11 is 0. The summed E-state index contributed by atoms with van der Waals surface area (Å²) in [4.78, 5) is 16.2. The van der Waals surface area contributed by atoms with Crippen LogP contribution in [0.2, 0.25) is 0 Å². The molecule has 0 aromatic carbocycles. The predicted molar refractivity (Wildman–Crippen MR) is 99.2 cm³/mol. The summed E-state index contributed by atoms with van der Waals surface area (Å²) in [7, 11) is 1.62. The summed E-state index contributed by atoms with van der Waals surface area (Å²) < 4.78 is 4.92. The number of ether oxygens (including phenoxy) is 1. The highest BCUT2D eigenvalue weighted by Gasteiger charge is 2.24. The van der Waals surface area contributed by atoms with Crippen molar-refractivity contribution in [2.75, 3.05) is 33.4 Å². The van der Waals surface area contributed by atoms with Crippen LogP contribution in [0.5, 0.6) is 0 Å². The van der Waals surface area contributed by atoms with Crippen LogP contribution in [0.4, 0.5) is 0 Å². The number of hydrogen-bond acceptors (Lipinski definition) is 3. The average molecular weight is 341 g/mol. The van der Waals surface area contributed by atoms with Crippen molar-refractivity contribution in [1.29, 1.82) is 0 Å². The second-order valence-electron chi connectivity index (χ2n) is 6.73. The van der Waals surface area contributed by atoms with E-state index in [1.807, 2.05) is 6.92 Å². The Morgan fingerprint density at radius 2 is 1.92 bits per heavy atom. The van der Waals surface area contributed by atoms with Gasteiger partial charge in [0.05, 0.1) is 6.61 Å². The molecule has 0 aromatic heterocycles. The number of rotatable bonds is 9. The lowest BCUT2D eigenvalue weighted by Gasteiger charge is -2.32. The number of amides is 1. The molecule has 6 heteroatoms. The first-order chi connectivity index (χ1) is 11.6. The monoisotopic (exact) mass is 340 g/mol. The topological polar surface area (TPSA) is 74.8 Å². The quantitative estimate of drug-likeness (QED) is 0.340. The predicted octanol–water partition coefficient (Wildman–Crippen LogP) is 1.91. The molecular formula is C18H36N4O2. The summed E-state index contributed by atoms with van der Waals surface area (Å²) in [5.74, 6) is 2.03. The molecule has 1 aliphatic rings. The van der Waals surface area contributed by atoms with Gasteiger partial charge < -0.3 is 20.7 Å². The number of guanidine groups is 1. The minimum absolute atomic E-state index is 0.0859. The standard InChI is InChI=1S/C18H36N4O2/c1-5-19-18(21-13-17(23)20-11-12-24-4)22-15(3)14(2)16-9-7-6-8-10-16/h14-16H,5-13H2,1-4H3,(H,20,23)(H2,19,21,22). The molecule has 2 atom stereocenters. The first kappa shape index (κ1) is 20.7. The van der Waals surface area contributed by atoms with Crippen LogP contribution in [-0.4, -0.2) is 51.3 Å². The van der Waals surface area contributed by atoms with Crippen LogP contribution < -0.4 is 16.0 Å². The van der Waals surface area contributed by atoms with E-state index in [1.165, 1.54) is 32.1 Å². The van der Waals surface area contributed by atoms with Gasteiger partial charge in [-0.1, -0.05) is 39.0 Å². The minimum Gasteiger partial charge on any atom is -0.383 e. The highest BCUT2D eigenvalue weighted by Crippen LogP contribution is 2.31. The van der Waals surface area contributed by atoms with E-state index in [1.54, 1.807) is 7.11 Å². The molecule has 1 saturated carbocycles. The number of hydrogen-bond donors (Lipinski definition) is 3. The summed E-state index contributed by atoms with van der Waals surface area (Å²) in [6.45, 7) is 8.52. The zero-order valence-corrected chi connectivity index (χ0v) is 15.9. The highest BCUT2D eigenvalue weighted by molar-refractivity contribution is 5.85. The van der Waals surface area contributed by atoms with Crippen molar-refractivity contribution in [3.05, 3.63) is 0 Å². The van der Waals surface area contributed by atoms with Crippen LogP contribution in [0, 0.1) is 11.8 Å². The molecule has 6 nitrogen and oxygen atoms in total. The Kier molecular flexibility index (Phi) is 10.5. The summed E-state index contributed by atoms with van der Waals surface area (Å²) in [5.41, 5.74) is 0. The second kappa shape index (κ2) is 12.1. The van der Waals surface area contributed by atoms with Crippen LogP contribution >= 0.6 is 0 Å². The van der Waals surface area contributed by atoms with E-state index >= 15 is 0 Å². The molecule has 0 aromatic rings. The lowest BCUT2D eigenvalue weighted by Crippen LogP contribution is -2.46. The molecule has 1 amide bonds. The Morgan fingerprint density at radius 1 is 1.21 bits per heavy atom. The molecule has 1 aliphatic carbocycles. The maximum atomic E-state index is 11.8. The fourth-order valence-electron chi connectivity index (χ4n) is 3.23. The van der Waals surface area contributed by atoms with E-state index in [2.05, 4.69) is 34.8 Å². The Bertz CT molecular complexity index is 381. The number of carbonyl (C=O) groups is 1. The largest absolute Gasteiger partial charge is 0.383 e. The maximum Gasteiger partial charge on any atom is 0.241 e. The first-order valence-corrected chi connectivity index (χ1v) is 9.39. The Balaban J connectivity index is 2.47. The van der Waals surface area contributed by atoms with Gasteiger partial charge in [-0.25, -0.2) is 4.99 Å². The van der Waals surface area contributed by atoms with Crippen molar-refractivity contribution in [2.45, 2.75) is 58.9 Å². The van der Waals surface area contributed by atoms with Crippen LogP contribution in [0.15, 0.2) is 4.99 Å². The Morgan fingerprint density at radius 3 is 2.54 bits per heavy atom. The van der Waals surface area contributed by atoms with Crippen LogP contribution in [-0.2, 0) is 9.53 Å². The van der Waals surface area contributed by atoms with E-state index in [-0.39, 0.29) is 12.5 Å². The van der Waals surface area contributed by atoms with Crippen molar-refractivity contribution >= 4 is 11.9 Å². The molecule has 1 fully saturated rings. The molecule has 0 aliphatic heterocycles. The van der Waals surface area contributed by atoms with Gasteiger partial charge in [0.15, 0.2) is 5.96 Å². The molecule has 0 spiro atoms. The van der Waals surface area contributed by atoms with Crippen molar-refractivity contribution < 1.29 is 9.53 Å². The van der Waals surface area contributed by atoms with Gasteiger partial charge in [0, 0.05) is 26.2 Å². The third-order valence-electron chi connectivity index (χ3n) is 4.90. The van der Waals surface area contributed by atoms with Gasteiger partial charge >= 0.3 is 0 Å². The molecule has 140 valence electrons. The van der Waals surface area contributed by atoms with Gasteiger partial charge in [0.1, 0.15) is 6.54 Å². The fourth-order valence-corrected chi connectivity index (χ4v) is 3.23. The van der Waals surface area contributed by atoms with Gasteiger partial charge in [-0.3, -0.25) is 4.79 Å². The number of aliphatic imine (C=N–C) groups is 1. The number of methoxy groups -OCH3 is 1. The smallest absolute Gasteiger partial charge is 0.241 e. The minimum atomic E-state index is -0.0859. The van der Waals surface area contributed by atoms with Crippen molar-refractivity contribution in [1.82, 2.24) is 16.0 Å². The second-order valence-corrected chi connectivity index (χ2v) is 6.73. The van der Waals surface area contributed by atoms with Crippen LogP contribution in [0.1, 0.15) is 52.9 Å². The molecular weight excluding hydrogens is 304 g/mol. The molecule has 0 heterocycles. The van der Waals surface area contributed by atoms with Crippen LogP contribution in [0.25, 0.3) is 0 Å². The molecule has 0 radical (unpaired) electrons. The lowest BCUT2D eigenvalue weighted by molar-refractivity contribution is -0.119. The fraction of sp³-hybridized carbons (Fsp3) is 0.889. The van der Waals surface area contributed by atoms with Gasteiger partial charge in [0.25, 0.3) is 0 Å². The molecule has 3 N–H and O–H groups in total.